The highest BCUT2D eigenvalue weighted by Gasteiger charge is 2.56. The van der Waals surface area contributed by atoms with E-state index in [1.165, 1.54) is 0 Å². The summed E-state index contributed by atoms with van der Waals surface area (Å²) in [4.78, 5) is 38.3. The number of nitriles is 1. The fourth-order valence-electron chi connectivity index (χ4n) is 5.04. The normalized spacial score (nSPS) is 24.4. The standard InChI is InChI=1S/C25H28N6O3/c1-16-11-21(28-13-20(16)23(32)30-9-6-19(14-30)34-2)29-22-12-18(5-8-27-22)31-10-7-25(15-26,24(31)33)17-3-4-17/h5,8,11-13,17,19H,3-4,6-7,9-10,14H2,1-2H3,(H,27,28,29)/t19-,25-/m1/s1. The fourth-order valence-corrected chi connectivity index (χ4v) is 5.04. The van der Waals surface area contributed by atoms with Gasteiger partial charge in [-0.1, -0.05) is 0 Å². The summed E-state index contributed by atoms with van der Waals surface area (Å²) in [5.74, 6) is 1.14. The molecule has 5 rings (SSSR count). The maximum absolute atomic E-state index is 13.1. The lowest BCUT2D eigenvalue weighted by molar-refractivity contribution is -0.123. The van der Waals surface area contributed by atoms with Gasteiger partial charge in [-0.05, 0) is 56.2 Å². The molecule has 2 amide bonds. The Kier molecular flexibility index (Phi) is 5.70. The molecule has 2 atom stereocenters. The van der Waals surface area contributed by atoms with Gasteiger partial charge < -0.3 is 19.9 Å². The van der Waals surface area contributed by atoms with Crippen LogP contribution in [0.4, 0.5) is 17.3 Å². The van der Waals surface area contributed by atoms with Gasteiger partial charge in [0.1, 0.15) is 17.1 Å². The second-order valence-electron chi connectivity index (χ2n) is 9.37. The van der Waals surface area contributed by atoms with Crippen molar-refractivity contribution in [2.45, 2.75) is 38.7 Å². The van der Waals surface area contributed by atoms with Crippen molar-refractivity contribution in [1.82, 2.24) is 14.9 Å². The maximum Gasteiger partial charge on any atom is 0.255 e. The Labute approximate surface area is 198 Å². The molecule has 2 aromatic heterocycles. The molecule has 0 spiro atoms. The highest BCUT2D eigenvalue weighted by Crippen LogP contribution is 2.51. The molecule has 176 valence electrons. The highest BCUT2D eigenvalue weighted by molar-refractivity contribution is 6.02. The van der Waals surface area contributed by atoms with Gasteiger partial charge in [0.05, 0.1) is 17.7 Å². The van der Waals surface area contributed by atoms with Crippen LogP contribution in [-0.4, -0.2) is 59.5 Å². The molecule has 2 saturated heterocycles. The first-order valence-corrected chi connectivity index (χ1v) is 11.7. The molecule has 34 heavy (non-hydrogen) atoms. The number of anilines is 3. The monoisotopic (exact) mass is 460 g/mol. The van der Waals surface area contributed by atoms with Gasteiger partial charge in [0.15, 0.2) is 0 Å². The van der Waals surface area contributed by atoms with Crippen LogP contribution in [-0.2, 0) is 9.53 Å². The van der Waals surface area contributed by atoms with Crippen molar-refractivity contribution in [3.63, 3.8) is 0 Å². The minimum Gasteiger partial charge on any atom is -0.380 e. The Balaban J connectivity index is 1.30. The number of nitrogens with zero attached hydrogens (tertiary/aromatic N) is 5. The summed E-state index contributed by atoms with van der Waals surface area (Å²) in [7, 11) is 1.67. The Morgan fingerprint density at radius 3 is 2.71 bits per heavy atom. The van der Waals surface area contributed by atoms with E-state index in [0.717, 1.165) is 24.8 Å². The number of hydrogen-bond donors (Lipinski definition) is 1. The Morgan fingerprint density at radius 2 is 2.03 bits per heavy atom. The third kappa shape index (κ3) is 3.88. The minimum absolute atomic E-state index is 0.0413. The molecule has 3 aliphatic rings. The number of methoxy groups -OCH3 is 1. The number of carbonyl (C=O) groups excluding carboxylic acids is 2. The summed E-state index contributed by atoms with van der Waals surface area (Å²) in [6.07, 6.45) is 6.61. The highest BCUT2D eigenvalue weighted by atomic mass is 16.5. The summed E-state index contributed by atoms with van der Waals surface area (Å²) in [5.41, 5.74) is 1.22. The number of nitrogens with one attached hydrogen (secondary N) is 1. The van der Waals surface area contributed by atoms with Crippen LogP contribution in [0.15, 0.2) is 30.6 Å². The van der Waals surface area contributed by atoms with Crippen LogP contribution in [0.3, 0.4) is 0 Å². The molecule has 2 aromatic rings. The van der Waals surface area contributed by atoms with Crippen molar-refractivity contribution < 1.29 is 14.3 Å². The molecule has 1 N–H and O–H groups in total. The van der Waals surface area contributed by atoms with Crippen LogP contribution >= 0.6 is 0 Å². The zero-order chi connectivity index (χ0) is 23.9. The number of ether oxygens (including phenoxy) is 1. The SMILES string of the molecule is CO[C@@H]1CCN(C(=O)c2cnc(Nc3cc(N4CC[C@@](C#N)(C5CC5)C4=O)ccn3)cc2C)C1. The molecule has 0 radical (unpaired) electrons. The molecule has 1 saturated carbocycles. The van der Waals surface area contributed by atoms with Gasteiger partial charge in [-0.2, -0.15) is 5.26 Å². The first kappa shape index (κ1) is 22.3. The van der Waals surface area contributed by atoms with Crippen LogP contribution in [0.2, 0.25) is 0 Å². The second-order valence-corrected chi connectivity index (χ2v) is 9.37. The van der Waals surface area contributed by atoms with Crippen molar-refractivity contribution in [2.24, 2.45) is 11.3 Å². The van der Waals surface area contributed by atoms with Crippen LogP contribution < -0.4 is 10.2 Å². The largest absolute Gasteiger partial charge is 0.380 e. The van der Waals surface area contributed by atoms with Gasteiger partial charge >= 0.3 is 0 Å². The number of aromatic nitrogens is 2. The molecule has 2 aliphatic heterocycles. The zero-order valence-corrected chi connectivity index (χ0v) is 19.5. The predicted molar refractivity (Wildman–Crippen MR) is 126 cm³/mol. The van der Waals surface area contributed by atoms with Crippen molar-refractivity contribution in [2.75, 3.05) is 37.0 Å². The molecule has 0 unspecified atom stereocenters. The van der Waals surface area contributed by atoms with E-state index in [0.29, 0.717) is 48.9 Å². The molecule has 9 heteroatoms. The van der Waals surface area contributed by atoms with E-state index >= 15 is 0 Å². The fraction of sp³-hybridized carbons (Fsp3) is 0.480. The quantitative estimate of drug-likeness (QED) is 0.705. The number of hydrogen-bond acceptors (Lipinski definition) is 7. The van der Waals surface area contributed by atoms with E-state index in [1.807, 2.05) is 13.0 Å². The van der Waals surface area contributed by atoms with Crippen molar-refractivity contribution >= 4 is 29.1 Å². The number of aryl methyl sites for hydroxylation is 1. The summed E-state index contributed by atoms with van der Waals surface area (Å²) in [6, 6.07) is 7.72. The summed E-state index contributed by atoms with van der Waals surface area (Å²) in [5, 5.41) is 12.9. The molecule has 4 heterocycles. The molecule has 0 aromatic carbocycles. The number of pyridine rings is 2. The van der Waals surface area contributed by atoms with Crippen molar-refractivity contribution in [1.29, 1.82) is 5.26 Å². The van der Waals surface area contributed by atoms with E-state index in [4.69, 9.17) is 4.74 Å². The lowest BCUT2D eigenvalue weighted by Crippen LogP contribution is -2.35. The Morgan fingerprint density at radius 1 is 1.24 bits per heavy atom. The van der Waals surface area contributed by atoms with Crippen LogP contribution in [0.25, 0.3) is 0 Å². The van der Waals surface area contributed by atoms with E-state index in [1.54, 1.807) is 41.4 Å². The van der Waals surface area contributed by atoms with Crippen LogP contribution in [0, 0.1) is 29.6 Å². The molecule has 9 nitrogen and oxygen atoms in total. The van der Waals surface area contributed by atoms with Gasteiger partial charge in [-0.3, -0.25) is 9.59 Å². The van der Waals surface area contributed by atoms with Crippen molar-refractivity contribution in [3.8, 4) is 6.07 Å². The van der Waals surface area contributed by atoms with Gasteiger partial charge in [0.25, 0.3) is 5.91 Å². The van der Waals surface area contributed by atoms with E-state index in [2.05, 4.69) is 21.4 Å². The number of likely N-dealkylation sites (tertiary alicyclic amines) is 1. The Hall–Kier alpha value is -3.51. The number of carbonyl (C=O) groups is 2. The Bertz CT molecular complexity index is 1170. The average Bonchev–Trinajstić information content (AvgIpc) is 3.48. The zero-order valence-electron chi connectivity index (χ0n) is 19.5. The topological polar surface area (TPSA) is 111 Å². The maximum atomic E-state index is 13.1. The number of rotatable bonds is 6. The predicted octanol–water partition coefficient (Wildman–Crippen LogP) is 3.05. The van der Waals surface area contributed by atoms with Crippen LogP contribution in [0.1, 0.15) is 41.6 Å². The minimum atomic E-state index is -0.878. The van der Waals surface area contributed by atoms with Crippen LogP contribution in [0.5, 0.6) is 0 Å². The summed E-state index contributed by atoms with van der Waals surface area (Å²) in [6.45, 7) is 3.68. The third-order valence-electron chi connectivity index (χ3n) is 7.25. The molecule has 0 bridgehead atoms. The third-order valence-corrected chi connectivity index (χ3v) is 7.25. The molecule has 1 aliphatic carbocycles. The van der Waals surface area contributed by atoms with Crippen molar-refractivity contribution in [3.05, 3.63) is 41.7 Å². The molecular formula is C25H28N6O3. The number of amides is 2. The first-order valence-electron chi connectivity index (χ1n) is 11.7. The summed E-state index contributed by atoms with van der Waals surface area (Å²) < 4.78 is 5.36. The van der Waals surface area contributed by atoms with Gasteiger partial charge in [0.2, 0.25) is 5.91 Å². The lowest BCUT2D eigenvalue weighted by atomic mass is 9.83. The average molecular weight is 461 g/mol. The molecular weight excluding hydrogens is 432 g/mol. The van der Waals surface area contributed by atoms with E-state index in [9.17, 15) is 14.9 Å². The van der Waals surface area contributed by atoms with Gasteiger partial charge in [0, 0.05) is 50.9 Å². The molecule has 3 fully saturated rings. The smallest absolute Gasteiger partial charge is 0.255 e. The van der Waals surface area contributed by atoms with E-state index in [-0.39, 0.29) is 23.8 Å². The second kappa shape index (κ2) is 8.69. The van der Waals surface area contributed by atoms with Gasteiger partial charge in [-0.15, -0.1) is 0 Å². The first-order chi connectivity index (χ1) is 16.4. The van der Waals surface area contributed by atoms with E-state index < -0.39 is 5.41 Å². The lowest BCUT2D eigenvalue weighted by Gasteiger charge is -2.21. The van der Waals surface area contributed by atoms with Gasteiger partial charge in [-0.25, -0.2) is 9.97 Å². The summed E-state index contributed by atoms with van der Waals surface area (Å²) >= 11 is 0.